The molecule has 1 aliphatic heterocycles. The maximum Gasteiger partial charge on any atom is 0.156 e. The van der Waals surface area contributed by atoms with E-state index in [1.54, 1.807) is 0 Å². The molecule has 21 heavy (non-hydrogen) atoms. The molecule has 0 unspecified atom stereocenters. The standard InChI is InChI=1S/C17H16N4/c1-2-11(16-8-19-17-15(20-16)4-5-18-17)7-14(3-1)21-9-12-6-13(12)10-21/h1-5,7-8,12-13H,6,9-10H2,(H,18,19)/t12-,13+. The summed E-state index contributed by atoms with van der Waals surface area (Å²) in [6, 6.07) is 10.6. The molecule has 3 heterocycles. The summed E-state index contributed by atoms with van der Waals surface area (Å²) in [5.41, 5.74) is 5.16. The SMILES string of the molecule is c1cc(-c2cnc3[nH]ccc3n2)cc(N2C[C@H]3C[C@H]3C2)c1. The number of rotatable bonds is 2. The van der Waals surface area contributed by atoms with E-state index in [-0.39, 0.29) is 0 Å². The van der Waals surface area contributed by atoms with Gasteiger partial charge in [-0.1, -0.05) is 12.1 Å². The van der Waals surface area contributed by atoms with Crippen LogP contribution in [0.15, 0.2) is 42.7 Å². The highest BCUT2D eigenvalue weighted by atomic mass is 15.2. The van der Waals surface area contributed by atoms with Crippen LogP contribution in [0.4, 0.5) is 5.69 Å². The van der Waals surface area contributed by atoms with Crippen molar-refractivity contribution in [1.29, 1.82) is 0 Å². The Morgan fingerprint density at radius 2 is 2.05 bits per heavy atom. The van der Waals surface area contributed by atoms with Gasteiger partial charge in [-0.3, -0.25) is 0 Å². The van der Waals surface area contributed by atoms with Gasteiger partial charge in [-0.25, -0.2) is 9.97 Å². The number of aromatic amines is 1. The van der Waals surface area contributed by atoms with Gasteiger partial charge < -0.3 is 9.88 Å². The highest BCUT2D eigenvalue weighted by Crippen LogP contribution is 2.46. The first-order valence-corrected chi connectivity index (χ1v) is 7.52. The van der Waals surface area contributed by atoms with Crippen molar-refractivity contribution in [3.63, 3.8) is 0 Å². The number of fused-ring (bicyclic) bond motifs is 2. The molecule has 104 valence electrons. The van der Waals surface area contributed by atoms with Crippen LogP contribution in [-0.4, -0.2) is 28.0 Å². The summed E-state index contributed by atoms with van der Waals surface area (Å²) in [5, 5.41) is 0. The molecule has 3 aromatic rings. The monoisotopic (exact) mass is 276 g/mol. The van der Waals surface area contributed by atoms with Crippen LogP contribution in [0.25, 0.3) is 22.4 Å². The van der Waals surface area contributed by atoms with Crippen LogP contribution < -0.4 is 4.90 Å². The predicted octanol–water partition coefficient (Wildman–Crippen LogP) is 3.08. The third-order valence-electron chi connectivity index (χ3n) is 4.75. The highest BCUT2D eigenvalue weighted by Gasteiger charge is 2.45. The first kappa shape index (κ1) is 11.3. The van der Waals surface area contributed by atoms with E-state index >= 15 is 0 Å². The number of anilines is 1. The van der Waals surface area contributed by atoms with E-state index in [1.807, 2.05) is 18.5 Å². The number of aromatic nitrogens is 3. The molecule has 1 aromatic carbocycles. The van der Waals surface area contributed by atoms with Crippen LogP contribution in [0.3, 0.4) is 0 Å². The smallest absolute Gasteiger partial charge is 0.156 e. The van der Waals surface area contributed by atoms with Crippen LogP contribution in [0, 0.1) is 11.8 Å². The molecule has 1 saturated carbocycles. The Morgan fingerprint density at radius 1 is 1.14 bits per heavy atom. The van der Waals surface area contributed by atoms with E-state index in [0.717, 1.165) is 34.3 Å². The summed E-state index contributed by atoms with van der Waals surface area (Å²) < 4.78 is 0. The van der Waals surface area contributed by atoms with Gasteiger partial charge in [0.1, 0.15) is 5.52 Å². The Labute approximate surface area is 122 Å². The lowest BCUT2D eigenvalue weighted by Crippen LogP contribution is -2.21. The molecular formula is C17H16N4. The van der Waals surface area contributed by atoms with Crippen molar-refractivity contribution < 1.29 is 0 Å². The van der Waals surface area contributed by atoms with E-state index in [1.165, 1.54) is 25.2 Å². The first-order valence-electron chi connectivity index (χ1n) is 7.52. The van der Waals surface area contributed by atoms with Gasteiger partial charge in [0.2, 0.25) is 0 Å². The highest BCUT2D eigenvalue weighted by molar-refractivity contribution is 5.75. The molecule has 2 aromatic heterocycles. The number of nitrogens with zero attached hydrogens (tertiary/aromatic N) is 3. The third-order valence-corrected chi connectivity index (χ3v) is 4.75. The van der Waals surface area contributed by atoms with Crippen LogP contribution in [0.5, 0.6) is 0 Å². The Morgan fingerprint density at radius 3 is 2.95 bits per heavy atom. The second-order valence-electron chi connectivity index (χ2n) is 6.18. The minimum Gasteiger partial charge on any atom is -0.371 e. The molecule has 0 amide bonds. The van der Waals surface area contributed by atoms with Crippen molar-refractivity contribution in [2.45, 2.75) is 6.42 Å². The molecule has 2 aliphatic rings. The van der Waals surface area contributed by atoms with Crippen molar-refractivity contribution in [1.82, 2.24) is 15.0 Å². The molecule has 0 radical (unpaired) electrons. The Balaban J connectivity index is 1.53. The van der Waals surface area contributed by atoms with Crippen molar-refractivity contribution in [2.75, 3.05) is 18.0 Å². The van der Waals surface area contributed by atoms with E-state index in [4.69, 9.17) is 0 Å². The topological polar surface area (TPSA) is 44.8 Å². The predicted molar refractivity (Wildman–Crippen MR) is 83.1 cm³/mol. The van der Waals surface area contributed by atoms with E-state index in [9.17, 15) is 0 Å². The number of hydrogen-bond acceptors (Lipinski definition) is 3. The fourth-order valence-electron chi connectivity index (χ4n) is 3.44. The average Bonchev–Trinajstić information content (AvgIpc) is 2.95. The molecule has 0 spiro atoms. The molecule has 5 rings (SSSR count). The fourth-order valence-corrected chi connectivity index (χ4v) is 3.44. The van der Waals surface area contributed by atoms with Gasteiger partial charge in [-0.05, 0) is 36.5 Å². The van der Waals surface area contributed by atoms with E-state index in [2.05, 4.69) is 44.1 Å². The van der Waals surface area contributed by atoms with Crippen LogP contribution in [0.2, 0.25) is 0 Å². The van der Waals surface area contributed by atoms with Crippen molar-refractivity contribution >= 4 is 16.9 Å². The maximum atomic E-state index is 4.68. The Kier molecular flexibility index (Phi) is 2.19. The Bertz CT molecular complexity index is 812. The second-order valence-corrected chi connectivity index (χ2v) is 6.18. The number of piperidine rings is 1. The zero-order chi connectivity index (χ0) is 13.8. The maximum absolute atomic E-state index is 4.68. The molecule has 1 aliphatic carbocycles. The van der Waals surface area contributed by atoms with Gasteiger partial charge in [0.15, 0.2) is 5.65 Å². The minimum atomic E-state index is 0.842. The van der Waals surface area contributed by atoms with Crippen LogP contribution in [0.1, 0.15) is 6.42 Å². The fraction of sp³-hybridized carbons (Fsp3) is 0.294. The van der Waals surface area contributed by atoms with E-state index in [0.29, 0.717) is 0 Å². The third kappa shape index (κ3) is 1.82. The molecule has 1 N–H and O–H groups in total. The summed E-state index contributed by atoms with van der Waals surface area (Å²) in [6.07, 6.45) is 5.16. The van der Waals surface area contributed by atoms with Gasteiger partial charge >= 0.3 is 0 Å². The van der Waals surface area contributed by atoms with Crippen LogP contribution in [-0.2, 0) is 0 Å². The zero-order valence-electron chi connectivity index (χ0n) is 11.7. The summed E-state index contributed by atoms with van der Waals surface area (Å²) in [5.74, 6) is 1.90. The van der Waals surface area contributed by atoms with E-state index < -0.39 is 0 Å². The summed E-state index contributed by atoms with van der Waals surface area (Å²) in [7, 11) is 0. The quantitative estimate of drug-likeness (QED) is 0.782. The lowest BCUT2D eigenvalue weighted by Gasteiger charge is -2.20. The average molecular weight is 276 g/mol. The number of nitrogens with one attached hydrogen (secondary N) is 1. The van der Waals surface area contributed by atoms with Gasteiger partial charge in [-0.2, -0.15) is 0 Å². The summed E-state index contributed by atoms with van der Waals surface area (Å²) in [6.45, 7) is 2.44. The minimum absolute atomic E-state index is 0.842. The number of benzene rings is 1. The van der Waals surface area contributed by atoms with Gasteiger partial charge in [-0.15, -0.1) is 0 Å². The van der Waals surface area contributed by atoms with Gasteiger partial charge in [0.05, 0.1) is 11.9 Å². The van der Waals surface area contributed by atoms with Crippen molar-refractivity contribution in [3.8, 4) is 11.3 Å². The number of hydrogen-bond donors (Lipinski definition) is 1. The molecule has 2 atom stereocenters. The Hall–Kier alpha value is -2.36. The summed E-state index contributed by atoms with van der Waals surface area (Å²) in [4.78, 5) is 14.7. The molecule has 1 saturated heterocycles. The van der Waals surface area contributed by atoms with Gasteiger partial charge in [0, 0.05) is 30.5 Å². The largest absolute Gasteiger partial charge is 0.371 e. The lowest BCUT2D eigenvalue weighted by atomic mass is 10.1. The molecule has 4 nitrogen and oxygen atoms in total. The van der Waals surface area contributed by atoms with Crippen LogP contribution >= 0.6 is 0 Å². The van der Waals surface area contributed by atoms with Gasteiger partial charge in [0.25, 0.3) is 0 Å². The molecule has 0 bridgehead atoms. The normalized spacial score (nSPS) is 23.5. The summed E-state index contributed by atoms with van der Waals surface area (Å²) >= 11 is 0. The first-order chi connectivity index (χ1) is 10.4. The lowest BCUT2D eigenvalue weighted by molar-refractivity contribution is 0.820. The second kappa shape index (κ2) is 4.07. The molecule has 4 heteroatoms. The zero-order valence-corrected chi connectivity index (χ0v) is 11.7. The molecule has 2 fully saturated rings. The van der Waals surface area contributed by atoms with Crippen molar-refractivity contribution in [3.05, 3.63) is 42.7 Å². The number of H-pyrrole nitrogens is 1. The molecular weight excluding hydrogens is 260 g/mol. The van der Waals surface area contributed by atoms with Crippen molar-refractivity contribution in [2.24, 2.45) is 11.8 Å².